The van der Waals surface area contributed by atoms with Crippen molar-refractivity contribution in [2.45, 2.75) is 46.6 Å². The van der Waals surface area contributed by atoms with E-state index in [4.69, 9.17) is 0 Å². The highest BCUT2D eigenvalue weighted by Gasteiger charge is 2.13. The SMILES string of the molecule is CCc1cc(C)cc(C2=NC(C)CC(C)=N2)c1. The molecule has 1 aliphatic heterocycles. The molecule has 1 heterocycles. The number of nitrogens with zero attached hydrogens (tertiary/aromatic N) is 2. The topological polar surface area (TPSA) is 24.7 Å². The van der Waals surface area contributed by atoms with E-state index >= 15 is 0 Å². The summed E-state index contributed by atoms with van der Waals surface area (Å²) < 4.78 is 0. The van der Waals surface area contributed by atoms with E-state index < -0.39 is 0 Å². The van der Waals surface area contributed by atoms with Crippen molar-refractivity contribution in [3.8, 4) is 0 Å². The van der Waals surface area contributed by atoms with Crippen molar-refractivity contribution >= 4 is 11.5 Å². The third-order valence-corrected chi connectivity index (χ3v) is 3.03. The van der Waals surface area contributed by atoms with E-state index in [0.717, 1.165) is 24.2 Å². The molecular weight excluding hydrogens is 208 g/mol. The lowest BCUT2D eigenvalue weighted by Gasteiger charge is -2.15. The fourth-order valence-electron chi connectivity index (χ4n) is 2.27. The smallest absolute Gasteiger partial charge is 0.154 e. The van der Waals surface area contributed by atoms with Gasteiger partial charge in [-0.25, -0.2) is 4.99 Å². The van der Waals surface area contributed by atoms with Gasteiger partial charge < -0.3 is 0 Å². The van der Waals surface area contributed by atoms with Gasteiger partial charge in [0, 0.05) is 17.7 Å². The Morgan fingerprint density at radius 1 is 1.24 bits per heavy atom. The van der Waals surface area contributed by atoms with Gasteiger partial charge in [-0.1, -0.05) is 18.6 Å². The molecular formula is C15H20N2. The number of rotatable bonds is 2. The maximum Gasteiger partial charge on any atom is 0.154 e. The molecule has 2 nitrogen and oxygen atoms in total. The van der Waals surface area contributed by atoms with Crippen LogP contribution in [0.4, 0.5) is 0 Å². The summed E-state index contributed by atoms with van der Waals surface area (Å²) in [5, 5.41) is 0. The highest BCUT2D eigenvalue weighted by atomic mass is 15.0. The van der Waals surface area contributed by atoms with Crippen molar-refractivity contribution < 1.29 is 0 Å². The van der Waals surface area contributed by atoms with Crippen LogP contribution >= 0.6 is 0 Å². The van der Waals surface area contributed by atoms with Crippen LogP contribution in [0.15, 0.2) is 28.2 Å². The molecule has 0 saturated carbocycles. The van der Waals surface area contributed by atoms with Crippen LogP contribution in [0.3, 0.4) is 0 Å². The third-order valence-electron chi connectivity index (χ3n) is 3.03. The Hall–Kier alpha value is -1.44. The lowest BCUT2D eigenvalue weighted by molar-refractivity contribution is 0.767. The van der Waals surface area contributed by atoms with E-state index in [-0.39, 0.29) is 0 Å². The van der Waals surface area contributed by atoms with Gasteiger partial charge in [0.05, 0.1) is 6.04 Å². The molecule has 1 aliphatic rings. The van der Waals surface area contributed by atoms with Gasteiger partial charge in [0.25, 0.3) is 0 Å². The number of amidine groups is 1. The first-order chi connectivity index (χ1) is 8.08. The lowest BCUT2D eigenvalue weighted by Crippen LogP contribution is -2.16. The molecule has 0 bridgehead atoms. The number of aryl methyl sites for hydroxylation is 2. The average molecular weight is 228 g/mol. The lowest BCUT2D eigenvalue weighted by atomic mass is 10.0. The summed E-state index contributed by atoms with van der Waals surface area (Å²) in [6, 6.07) is 6.97. The van der Waals surface area contributed by atoms with Crippen LogP contribution < -0.4 is 0 Å². The summed E-state index contributed by atoms with van der Waals surface area (Å²) in [4.78, 5) is 9.23. The Morgan fingerprint density at radius 2 is 2.00 bits per heavy atom. The van der Waals surface area contributed by atoms with Gasteiger partial charge in [0.1, 0.15) is 0 Å². The van der Waals surface area contributed by atoms with Crippen LogP contribution in [0, 0.1) is 6.92 Å². The van der Waals surface area contributed by atoms with Crippen LogP contribution in [-0.4, -0.2) is 17.6 Å². The number of benzene rings is 1. The summed E-state index contributed by atoms with van der Waals surface area (Å²) in [5.74, 6) is 0.902. The van der Waals surface area contributed by atoms with Crippen molar-refractivity contribution in [1.82, 2.24) is 0 Å². The van der Waals surface area contributed by atoms with Crippen molar-refractivity contribution in [2.24, 2.45) is 9.98 Å². The fourth-order valence-corrected chi connectivity index (χ4v) is 2.27. The van der Waals surface area contributed by atoms with Gasteiger partial charge >= 0.3 is 0 Å². The molecule has 1 aromatic rings. The molecule has 2 rings (SSSR count). The number of hydrogen-bond acceptors (Lipinski definition) is 2. The van der Waals surface area contributed by atoms with E-state index in [2.05, 4.69) is 55.9 Å². The number of aliphatic imine (C=N–C) groups is 2. The molecule has 1 aromatic carbocycles. The molecule has 0 aliphatic carbocycles. The quantitative estimate of drug-likeness (QED) is 0.739. The maximum absolute atomic E-state index is 4.65. The average Bonchev–Trinajstić information content (AvgIpc) is 2.26. The summed E-state index contributed by atoms with van der Waals surface area (Å²) in [6.45, 7) is 8.54. The molecule has 0 saturated heterocycles. The Bertz CT molecular complexity index is 484. The Labute approximate surface area is 104 Å². The van der Waals surface area contributed by atoms with E-state index in [1.54, 1.807) is 0 Å². The Morgan fingerprint density at radius 3 is 2.65 bits per heavy atom. The van der Waals surface area contributed by atoms with Gasteiger partial charge in [0.2, 0.25) is 0 Å². The molecule has 0 radical (unpaired) electrons. The fraction of sp³-hybridized carbons (Fsp3) is 0.467. The molecule has 0 amide bonds. The summed E-state index contributed by atoms with van der Waals surface area (Å²) >= 11 is 0. The first kappa shape index (κ1) is 12.0. The Balaban J connectivity index is 2.43. The van der Waals surface area contributed by atoms with Gasteiger partial charge in [-0.3, -0.25) is 4.99 Å². The second kappa shape index (κ2) is 4.82. The van der Waals surface area contributed by atoms with E-state index in [0.29, 0.717) is 6.04 Å². The predicted octanol–water partition coefficient (Wildman–Crippen LogP) is 3.56. The van der Waals surface area contributed by atoms with E-state index in [1.807, 2.05) is 0 Å². The highest BCUT2D eigenvalue weighted by molar-refractivity contribution is 6.08. The summed E-state index contributed by atoms with van der Waals surface area (Å²) in [7, 11) is 0. The second-order valence-electron chi connectivity index (χ2n) is 4.91. The van der Waals surface area contributed by atoms with Crippen LogP contribution in [0.1, 0.15) is 43.9 Å². The van der Waals surface area contributed by atoms with Crippen LogP contribution in [0.2, 0.25) is 0 Å². The van der Waals surface area contributed by atoms with E-state index in [9.17, 15) is 0 Å². The van der Waals surface area contributed by atoms with Crippen molar-refractivity contribution in [3.63, 3.8) is 0 Å². The molecule has 1 atom stereocenters. The molecule has 0 N–H and O–H groups in total. The normalized spacial score (nSPS) is 19.9. The van der Waals surface area contributed by atoms with Crippen molar-refractivity contribution in [3.05, 3.63) is 34.9 Å². The molecule has 2 heteroatoms. The zero-order chi connectivity index (χ0) is 12.4. The van der Waals surface area contributed by atoms with Crippen LogP contribution in [-0.2, 0) is 6.42 Å². The predicted molar refractivity (Wildman–Crippen MR) is 74.3 cm³/mol. The first-order valence-electron chi connectivity index (χ1n) is 6.31. The minimum atomic E-state index is 0.355. The largest absolute Gasteiger partial charge is 0.263 e. The van der Waals surface area contributed by atoms with Crippen molar-refractivity contribution in [1.29, 1.82) is 0 Å². The molecule has 0 fully saturated rings. The van der Waals surface area contributed by atoms with Gasteiger partial charge in [-0.15, -0.1) is 0 Å². The minimum absolute atomic E-state index is 0.355. The highest BCUT2D eigenvalue weighted by Crippen LogP contribution is 2.16. The zero-order valence-corrected chi connectivity index (χ0v) is 11.1. The first-order valence-corrected chi connectivity index (χ1v) is 6.31. The summed E-state index contributed by atoms with van der Waals surface area (Å²) in [6.07, 6.45) is 2.04. The zero-order valence-electron chi connectivity index (χ0n) is 11.1. The minimum Gasteiger partial charge on any atom is -0.263 e. The Kier molecular flexibility index (Phi) is 3.41. The monoisotopic (exact) mass is 228 g/mol. The standard InChI is InChI=1S/C15H20N2/c1-5-13-6-10(2)7-14(9-13)15-16-11(3)8-12(4)17-15/h6-7,9,11H,5,8H2,1-4H3. The summed E-state index contributed by atoms with van der Waals surface area (Å²) in [5.41, 5.74) is 4.98. The van der Waals surface area contributed by atoms with Crippen LogP contribution in [0.25, 0.3) is 0 Å². The third kappa shape index (κ3) is 2.82. The molecule has 17 heavy (non-hydrogen) atoms. The number of hydrogen-bond donors (Lipinski definition) is 0. The van der Waals surface area contributed by atoms with Gasteiger partial charge in [-0.05, 0) is 44.9 Å². The van der Waals surface area contributed by atoms with Gasteiger partial charge in [0.15, 0.2) is 5.84 Å². The molecule has 0 spiro atoms. The molecule has 90 valence electrons. The van der Waals surface area contributed by atoms with Gasteiger partial charge in [-0.2, -0.15) is 0 Å². The second-order valence-corrected chi connectivity index (χ2v) is 4.91. The maximum atomic E-state index is 4.65. The van der Waals surface area contributed by atoms with Crippen LogP contribution in [0.5, 0.6) is 0 Å². The molecule has 0 aromatic heterocycles. The van der Waals surface area contributed by atoms with Crippen molar-refractivity contribution in [2.75, 3.05) is 0 Å². The molecule has 1 unspecified atom stereocenters. The van der Waals surface area contributed by atoms with E-state index in [1.165, 1.54) is 16.8 Å².